The summed E-state index contributed by atoms with van der Waals surface area (Å²) in [6, 6.07) is 11.8. The van der Waals surface area contributed by atoms with Gasteiger partial charge < -0.3 is 9.52 Å². The van der Waals surface area contributed by atoms with E-state index in [9.17, 15) is 5.11 Å². The Morgan fingerprint density at radius 1 is 1.12 bits per heavy atom. The van der Waals surface area contributed by atoms with Crippen molar-refractivity contribution < 1.29 is 9.52 Å². The minimum Gasteiger partial charge on any atom is -0.463 e. The van der Waals surface area contributed by atoms with Gasteiger partial charge in [0.2, 0.25) is 0 Å². The lowest BCUT2D eigenvalue weighted by atomic mass is 10.0. The van der Waals surface area contributed by atoms with Crippen LogP contribution >= 0.6 is 0 Å². The summed E-state index contributed by atoms with van der Waals surface area (Å²) in [6.07, 6.45) is 1.55. The first-order valence-corrected chi connectivity index (χ1v) is 6.04. The van der Waals surface area contributed by atoms with Crippen molar-refractivity contribution in [2.45, 2.75) is 32.8 Å². The van der Waals surface area contributed by atoms with Crippen LogP contribution in [0.15, 0.2) is 40.8 Å². The molecule has 0 fully saturated rings. The number of benzene rings is 1. The number of aliphatic hydroxyl groups excluding tert-OH is 1. The summed E-state index contributed by atoms with van der Waals surface area (Å²) in [4.78, 5) is 0. The van der Waals surface area contributed by atoms with E-state index in [4.69, 9.17) is 4.42 Å². The average molecular weight is 230 g/mol. The number of hydrogen-bond acceptors (Lipinski definition) is 2. The van der Waals surface area contributed by atoms with Gasteiger partial charge in [-0.15, -0.1) is 0 Å². The van der Waals surface area contributed by atoms with E-state index in [0.29, 0.717) is 5.76 Å². The molecule has 0 aliphatic heterocycles. The van der Waals surface area contributed by atoms with Crippen molar-refractivity contribution in [1.82, 2.24) is 0 Å². The van der Waals surface area contributed by atoms with Crippen LogP contribution in [-0.4, -0.2) is 5.11 Å². The largest absolute Gasteiger partial charge is 0.463 e. The first-order valence-electron chi connectivity index (χ1n) is 6.04. The molecule has 1 aromatic heterocycles. The third-order valence-electron chi connectivity index (χ3n) is 2.86. The summed E-state index contributed by atoms with van der Waals surface area (Å²) in [5.41, 5.74) is 2.18. The average Bonchev–Trinajstić information content (AvgIpc) is 2.76. The van der Waals surface area contributed by atoms with E-state index in [1.165, 1.54) is 5.56 Å². The van der Waals surface area contributed by atoms with Gasteiger partial charge in [-0.3, -0.25) is 0 Å². The van der Waals surface area contributed by atoms with Crippen molar-refractivity contribution in [1.29, 1.82) is 0 Å². The van der Waals surface area contributed by atoms with E-state index in [1.54, 1.807) is 0 Å². The molecule has 0 unspecified atom stereocenters. The van der Waals surface area contributed by atoms with Crippen LogP contribution in [-0.2, 0) is 6.42 Å². The molecule has 1 atom stereocenters. The molecule has 0 aliphatic rings. The summed E-state index contributed by atoms with van der Waals surface area (Å²) in [6.45, 7) is 4.04. The van der Waals surface area contributed by atoms with E-state index < -0.39 is 6.10 Å². The van der Waals surface area contributed by atoms with Crippen LogP contribution in [0.5, 0.6) is 0 Å². The molecule has 0 saturated heterocycles. The molecule has 2 heteroatoms. The van der Waals surface area contributed by atoms with E-state index in [0.717, 1.165) is 24.2 Å². The fraction of sp³-hybridized carbons (Fsp3) is 0.333. The van der Waals surface area contributed by atoms with Crippen molar-refractivity contribution in [3.63, 3.8) is 0 Å². The zero-order chi connectivity index (χ0) is 12.3. The maximum atomic E-state index is 10.1. The zero-order valence-electron chi connectivity index (χ0n) is 10.3. The third kappa shape index (κ3) is 2.77. The zero-order valence-corrected chi connectivity index (χ0v) is 10.3. The number of aryl methyl sites for hydroxylation is 2. The van der Waals surface area contributed by atoms with Gasteiger partial charge in [0.1, 0.15) is 17.6 Å². The summed E-state index contributed by atoms with van der Waals surface area (Å²) in [5.74, 6) is 1.42. The highest BCUT2D eigenvalue weighted by molar-refractivity contribution is 5.28. The molecule has 0 bridgehead atoms. The molecular weight excluding hydrogens is 212 g/mol. The van der Waals surface area contributed by atoms with Crippen LogP contribution in [0.25, 0.3) is 0 Å². The fourth-order valence-corrected chi connectivity index (χ4v) is 1.92. The van der Waals surface area contributed by atoms with Gasteiger partial charge in [-0.25, -0.2) is 0 Å². The first-order chi connectivity index (χ1) is 8.20. The molecule has 17 heavy (non-hydrogen) atoms. The van der Waals surface area contributed by atoms with Crippen LogP contribution in [0, 0.1) is 6.92 Å². The molecule has 90 valence electrons. The number of hydrogen-bond donors (Lipinski definition) is 1. The molecule has 0 amide bonds. The second kappa shape index (κ2) is 5.19. The van der Waals surface area contributed by atoms with Crippen LogP contribution in [0.3, 0.4) is 0 Å². The maximum Gasteiger partial charge on any atom is 0.137 e. The molecule has 0 radical (unpaired) electrons. The SMILES string of the molecule is CCCc1ccc([C@H](O)c2ccc(C)o2)cc1. The van der Waals surface area contributed by atoms with E-state index >= 15 is 0 Å². The quantitative estimate of drug-likeness (QED) is 0.870. The van der Waals surface area contributed by atoms with Crippen LogP contribution in [0.2, 0.25) is 0 Å². The van der Waals surface area contributed by atoms with Crippen LogP contribution in [0.1, 0.15) is 42.1 Å². The van der Waals surface area contributed by atoms with Crippen molar-refractivity contribution in [2.75, 3.05) is 0 Å². The molecular formula is C15H18O2. The number of aliphatic hydroxyl groups is 1. The minimum absolute atomic E-state index is 0.603. The standard InChI is InChI=1S/C15H18O2/c1-3-4-12-6-8-13(9-7-12)15(16)14-10-5-11(2)17-14/h5-10,15-16H,3-4H2,1-2H3/t15-/m0/s1. The van der Waals surface area contributed by atoms with Crippen molar-refractivity contribution in [3.05, 3.63) is 59.0 Å². The smallest absolute Gasteiger partial charge is 0.137 e. The Morgan fingerprint density at radius 2 is 1.82 bits per heavy atom. The lowest BCUT2D eigenvalue weighted by Gasteiger charge is -2.09. The maximum absolute atomic E-state index is 10.1. The lowest BCUT2D eigenvalue weighted by molar-refractivity contribution is 0.187. The molecule has 0 saturated carbocycles. The van der Waals surface area contributed by atoms with Gasteiger partial charge in [0.05, 0.1) is 0 Å². The highest BCUT2D eigenvalue weighted by Gasteiger charge is 2.13. The van der Waals surface area contributed by atoms with E-state index in [1.807, 2.05) is 31.2 Å². The van der Waals surface area contributed by atoms with Gasteiger partial charge in [0.25, 0.3) is 0 Å². The van der Waals surface area contributed by atoms with Gasteiger partial charge in [-0.2, -0.15) is 0 Å². The molecule has 0 aliphatic carbocycles. The fourth-order valence-electron chi connectivity index (χ4n) is 1.92. The van der Waals surface area contributed by atoms with Gasteiger partial charge in [0, 0.05) is 0 Å². The Morgan fingerprint density at radius 3 is 2.35 bits per heavy atom. The number of furan rings is 1. The molecule has 2 rings (SSSR count). The Balaban J connectivity index is 2.16. The topological polar surface area (TPSA) is 33.4 Å². The van der Waals surface area contributed by atoms with Gasteiger partial charge in [-0.1, -0.05) is 37.6 Å². The Bertz CT molecular complexity index is 468. The summed E-state index contributed by atoms with van der Waals surface area (Å²) in [5, 5.41) is 10.1. The molecule has 1 aromatic carbocycles. The van der Waals surface area contributed by atoms with Crippen molar-refractivity contribution in [2.24, 2.45) is 0 Å². The second-order valence-corrected chi connectivity index (χ2v) is 4.34. The summed E-state index contributed by atoms with van der Waals surface area (Å²) in [7, 11) is 0. The van der Waals surface area contributed by atoms with E-state index in [2.05, 4.69) is 19.1 Å². The Kier molecular flexibility index (Phi) is 3.64. The summed E-state index contributed by atoms with van der Waals surface area (Å²) < 4.78 is 5.43. The highest BCUT2D eigenvalue weighted by atomic mass is 16.4. The molecule has 2 aromatic rings. The predicted octanol–water partition coefficient (Wildman–Crippen LogP) is 3.62. The Hall–Kier alpha value is -1.54. The van der Waals surface area contributed by atoms with Gasteiger partial charge in [-0.05, 0) is 36.6 Å². The molecule has 1 heterocycles. The van der Waals surface area contributed by atoms with Crippen molar-refractivity contribution in [3.8, 4) is 0 Å². The molecule has 2 nitrogen and oxygen atoms in total. The normalized spacial score (nSPS) is 12.6. The van der Waals surface area contributed by atoms with E-state index in [-0.39, 0.29) is 0 Å². The summed E-state index contributed by atoms with van der Waals surface area (Å²) >= 11 is 0. The highest BCUT2D eigenvalue weighted by Crippen LogP contribution is 2.24. The minimum atomic E-state index is -0.667. The number of rotatable bonds is 4. The van der Waals surface area contributed by atoms with Gasteiger partial charge >= 0.3 is 0 Å². The first kappa shape index (κ1) is 11.9. The lowest BCUT2D eigenvalue weighted by Crippen LogP contribution is -1.98. The molecule has 0 spiro atoms. The third-order valence-corrected chi connectivity index (χ3v) is 2.86. The predicted molar refractivity (Wildman–Crippen MR) is 67.9 cm³/mol. The van der Waals surface area contributed by atoms with Crippen molar-refractivity contribution >= 4 is 0 Å². The Labute approximate surface area is 102 Å². The van der Waals surface area contributed by atoms with Crippen LogP contribution in [0.4, 0.5) is 0 Å². The monoisotopic (exact) mass is 230 g/mol. The van der Waals surface area contributed by atoms with Gasteiger partial charge in [0.15, 0.2) is 0 Å². The second-order valence-electron chi connectivity index (χ2n) is 4.34. The van der Waals surface area contributed by atoms with Crippen LogP contribution < -0.4 is 0 Å². The molecule has 1 N–H and O–H groups in total.